The highest BCUT2D eigenvalue weighted by Crippen LogP contribution is 2.18. The van der Waals surface area contributed by atoms with Crippen molar-refractivity contribution in [1.82, 2.24) is 9.55 Å². The fraction of sp³-hybridized carbons (Fsp3) is 0.583. The van der Waals surface area contributed by atoms with Crippen LogP contribution in [0.3, 0.4) is 0 Å². The topological polar surface area (TPSA) is 117 Å². The number of aromatic nitrogens is 2. The number of nitrogens with two attached hydrogens (primary N) is 1. The second-order valence-corrected chi connectivity index (χ2v) is 4.43. The number of hydrogen-bond donors (Lipinski definition) is 3. The van der Waals surface area contributed by atoms with Crippen LogP contribution in [-0.4, -0.2) is 59.3 Å². The predicted octanol–water partition coefficient (Wildman–Crippen LogP) is -0.933. The molecule has 0 aliphatic rings. The van der Waals surface area contributed by atoms with Crippen molar-refractivity contribution < 1.29 is 15.0 Å². The number of aliphatic hydroxyl groups is 2. The molecule has 0 saturated carbocycles. The summed E-state index contributed by atoms with van der Waals surface area (Å²) < 4.78 is 1.75. The number of imidazole rings is 1. The van der Waals surface area contributed by atoms with Crippen LogP contribution in [0.5, 0.6) is 0 Å². The van der Waals surface area contributed by atoms with Crippen LogP contribution in [0.15, 0.2) is 11.3 Å². The summed E-state index contributed by atoms with van der Waals surface area (Å²) in [6.07, 6.45) is 2.75. The molecule has 0 aliphatic heterocycles. The zero-order valence-corrected chi connectivity index (χ0v) is 11.7. The average Bonchev–Trinajstić information content (AvgIpc) is 2.89. The Labute approximate surface area is 117 Å². The summed E-state index contributed by atoms with van der Waals surface area (Å²) in [5.74, 6) is 0.598. The number of anilines is 1. The second-order valence-electron chi connectivity index (χ2n) is 4.43. The van der Waals surface area contributed by atoms with Gasteiger partial charge in [-0.3, -0.25) is 14.7 Å². The number of aldehydes is 1. The Hall–Kier alpha value is -1.93. The molecule has 0 amide bonds. The van der Waals surface area contributed by atoms with E-state index in [2.05, 4.69) is 9.98 Å². The minimum Gasteiger partial charge on any atom is -0.396 e. The number of carbonyl (C=O) groups is 1. The molecular formula is C12H21N5O3. The second kappa shape index (κ2) is 7.61. The Balaban J connectivity index is 2.97. The van der Waals surface area contributed by atoms with Gasteiger partial charge >= 0.3 is 0 Å². The predicted molar refractivity (Wildman–Crippen MR) is 75.8 cm³/mol. The van der Waals surface area contributed by atoms with Crippen molar-refractivity contribution in [3.63, 3.8) is 0 Å². The van der Waals surface area contributed by atoms with Crippen molar-refractivity contribution in [3.8, 4) is 0 Å². The smallest absolute Gasteiger partial charge is 0.196 e. The minimum atomic E-state index is -0.201. The van der Waals surface area contributed by atoms with Crippen LogP contribution in [0.1, 0.15) is 16.9 Å². The maximum Gasteiger partial charge on any atom is 0.196 e. The zero-order chi connectivity index (χ0) is 15.1. The standard InChI is InChI=1S/C12H21N5O3/c1-14-12(13)16(2)11-10(7-20)15-8-17(11)4-3-9(5-18)6-19/h7-9,18-19H,3-6H2,1-2H3,(H2,13,14). The maximum absolute atomic E-state index is 11.0. The van der Waals surface area contributed by atoms with Gasteiger partial charge in [0, 0.05) is 39.8 Å². The van der Waals surface area contributed by atoms with Gasteiger partial charge in [0.2, 0.25) is 0 Å². The van der Waals surface area contributed by atoms with Gasteiger partial charge in [0.1, 0.15) is 11.5 Å². The lowest BCUT2D eigenvalue weighted by atomic mass is 10.1. The van der Waals surface area contributed by atoms with Gasteiger partial charge in [-0.25, -0.2) is 4.98 Å². The molecule has 8 nitrogen and oxygen atoms in total. The third-order valence-electron chi connectivity index (χ3n) is 3.13. The molecule has 0 saturated heterocycles. The summed E-state index contributed by atoms with van der Waals surface area (Å²) in [5, 5.41) is 18.1. The molecule has 20 heavy (non-hydrogen) atoms. The first-order valence-electron chi connectivity index (χ1n) is 6.27. The van der Waals surface area contributed by atoms with Gasteiger partial charge in [-0.15, -0.1) is 0 Å². The van der Waals surface area contributed by atoms with E-state index in [0.717, 1.165) is 0 Å². The molecule has 0 aromatic carbocycles. The number of rotatable bonds is 7. The van der Waals surface area contributed by atoms with E-state index in [1.165, 1.54) is 6.33 Å². The number of carbonyl (C=O) groups excluding carboxylic acids is 1. The highest BCUT2D eigenvalue weighted by molar-refractivity contribution is 5.97. The largest absolute Gasteiger partial charge is 0.396 e. The van der Waals surface area contributed by atoms with Crippen LogP contribution in [0.4, 0.5) is 5.82 Å². The summed E-state index contributed by atoms with van der Waals surface area (Å²) in [6, 6.07) is 0. The first-order chi connectivity index (χ1) is 9.58. The zero-order valence-electron chi connectivity index (χ0n) is 11.7. The Bertz CT molecular complexity index is 468. The van der Waals surface area contributed by atoms with E-state index in [1.54, 1.807) is 23.6 Å². The molecule has 1 aromatic heterocycles. The molecule has 0 spiro atoms. The SMILES string of the molecule is CN=C(N)N(C)c1c(C=O)ncn1CCC(CO)CO. The van der Waals surface area contributed by atoms with Gasteiger partial charge in [0.15, 0.2) is 12.2 Å². The molecular weight excluding hydrogens is 262 g/mol. The van der Waals surface area contributed by atoms with E-state index in [9.17, 15) is 4.79 Å². The molecule has 112 valence electrons. The summed E-state index contributed by atoms with van der Waals surface area (Å²) in [4.78, 5) is 20.5. The maximum atomic E-state index is 11.0. The van der Waals surface area contributed by atoms with Gasteiger partial charge in [-0.2, -0.15) is 0 Å². The van der Waals surface area contributed by atoms with E-state index in [4.69, 9.17) is 15.9 Å². The molecule has 1 aromatic rings. The Morgan fingerprint density at radius 2 is 2.25 bits per heavy atom. The van der Waals surface area contributed by atoms with Crippen molar-refractivity contribution in [2.45, 2.75) is 13.0 Å². The molecule has 4 N–H and O–H groups in total. The molecule has 1 rings (SSSR count). The van der Waals surface area contributed by atoms with Crippen LogP contribution in [0.2, 0.25) is 0 Å². The number of aryl methyl sites for hydroxylation is 1. The Kier molecular flexibility index (Phi) is 6.13. The molecule has 1 heterocycles. The van der Waals surface area contributed by atoms with E-state index in [-0.39, 0.29) is 30.8 Å². The van der Waals surface area contributed by atoms with Gasteiger partial charge in [0.25, 0.3) is 0 Å². The Morgan fingerprint density at radius 1 is 1.60 bits per heavy atom. The quantitative estimate of drug-likeness (QED) is 0.338. The van der Waals surface area contributed by atoms with Crippen LogP contribution >= 0.6 is 0 Å². The third-order valence-corrected chi connectivity index (χ3v) is 3.13. The van der Waals surface area contributed by atoms with Crippen LogP contribution in [-0.2, 0) is 6.54 Å². The van der Waals surface area contributed by atoms with Crippen LogP contribution in [0.25, 0.3) is 0 Å². The number of aliphatic hydroxyl groups excluding tert-OH is 2. The van der Waals surface area contributed by atoms with Gasteiger partial charge < -0.3 is 20.5 Å². The molecule has 0 atom stereocenters. The summed E-state index contributed by atoms with van der Waals surface area (Å²) in [6.45, 7) is 0.328. The van der Waals surface area contributed by atoms with Gasteiger partial charge in [0.05, 0.1) is 6.33 Å². The van der Waals surface area contributed by atoms with Crippen LogP contribution < -0.4 is 10.6 Å². The fourth-order valence-electron chi connectivity index (χ4n) is 1.82. The van der Waals surface area contributed by atoms with Crippen molar-refractivity contribution in [1.29, 1.82) is 0 Å². The summed E-state index contributed by atoms with van der Waals surface area (Å²) in [7, 11) is 3.25. The number of nitrogens with zero attached hydrogens (tertiary/aromatic N) is 4. The first-order valence-corrected chi connectivity index (χ1v) is 6.27. The fourth-order valence-corrected chi connectivity index (χ4v) is 1.82. The van der Waals surface area contributed by atoms with Gasteiger partial charge in [-0.05, 0) is 6.42 Å². The molecule has 0 radical (unpaired) electrons. The summed E-state index contributed by atoms with van der Waals surface area (Å²) in [5.41, 5.74) is 6.01. The number of hydrogen-bond acceptors (Lipinski definition) is 5. The van der Waals surface area contributed by atoms with E-state index in [1.807, 2.05) is 0 Å². The monoisotopic (exact) mass is 283 g/mol. The van der Waals surface area contributed by atoms with E-state index in [0.29, 0.717) is 25.1 Å². The highest BCUT2D eigenvalue weighted by atomic mass is 16.3. The van der Waals surface area contributed by atoms with E-state index < -0.39 is 0 Å². The Morgan fingerprint density at radius 3 is 2.75 bits per heavy atom. The third kappa shape index (κ3) is 3.55. The normalized spacial score (nSPS) is 11.9. The molecule has 8 heteroatoms. The van der Waals surface area contributed by atoms with Crippen molar-refractivity contribution in [3.05, 3.63) is 12.0 Å². The molecule has 0 aliphatic carbocycles. The van der Waals surface area contributed by atoms with Crippen molar-refractivity contribution in [2.75, 3.05) is 32.2 Å². The lowest BCUT2D eigenvalue weighted by molar-refractivity contribution is 0.111. The minimum absolute atomic E-state index is 0.0878. The van der Waals surface area contributed by atoms with Gasteiger partial charge in [-0.1, -0.05) is 0 Å². The van der Waals surface area contributed by atoms with Crippen LogP contribution in [0, 0.1) is 5.92 Å². The van der Waals surface area contributed by atoms with Crippen molar-refractivity contribution >= 4 is 18.1 Å². The summed E-state index contributed by atoms with van der Waals surface area (Å²) >= 11 is 0. The highest BCUT2D eigenvalue weighted by Gasteiger charge is 2.17. The van der Waals surface area contributed by atoms with Crippen molar-refractivity contribution in [2.24, 2.45) is 16.6 Å². The first kappa shape index (κ1) is 16.1. The average molecular weight is 283 g/mol. The molecule has 0 unspecified atom stereocenters. The lowest BCUT2D eigenvalue weighted by Crippen LogP contribution is -2.36. The number of guanidine groups is 1. The lowest BCUT2D eigenvalue weighted by Gasteiger charge is -2.21. The molecule has 0 fully saturated rings. The van der Waals surface area contributed by atoms with E-state index >= 15 is 0 Å². The number of aliphatic imine (C=N–C) groups is 1. The molecule has 0 bridgehead atoms.